The van der Waals surface area contributed by atoms with Crippen LogP contribution >= 0.6 is 0 Å². The number of nitro groups is 1. The van der Waals surface area contributed by atoms with Crippen molar-refractivity contribution in [2.24, 2.45) is 0 Å². The summed E-state index contributed by atoms with van der Waals surface area (Å²) >= 11 is 0. The van der Waals surface area contributed by atoms with Gasteiger partial charge in [0.15, 0.2) is 5.69 Å². The third-order valence-electron chi connectivity index (χ3n) is 2.17. The summed E-state index contributed by atoms with van der Waals surface area (Å²) in [6.07, 6.45) is 2.52. The van der Waals surface area contributed by atoms with Crippen molar-refractivity contribution in [3.63, 3.8) is 0 Å². The normalized spacial score (nSPS) is 10.9. The maximum atomic E-state index is 10.9. The summed E-state index contributed by atoms with van der Waals surface area (Å²) in [4.78, 5) is 10.5. The molecular weight excluding hydrogens is 196 g/mol. The van der Waals surface area contributed by atoms with E-state index in [-0.39, 0.29) is 11.9 Å². The fraction of sp³-hybridized carbons (Fsp3) is 0.778. The Balaban J connectivity index is 3.01. The summed E-state index contributed by atoms with van der Waals surface area (Å²) in [6.45, 7) is 5.75. The Bertz CT molecular complexity index is 346. The van der Waals surface area contributed by atoms with E-state index < -0.39 is 4.92 Å². The summed E-state index contributed by atoms with van der Waals surface area (Å²) in [5.41, 5.74) is 0.496. The lowest BCUT2D eigenvalue weighted by Crippen LogP contribution is -2.07. The second-order valence-corrected chi connectivity index (χ2v) is 3.76. The van der Waals surface area contributed by atoms with Crippen LogP contribution in [0.3, 0.4) is 0 Å². The molecule has 0 radical (unpaired) electrons. The highest BCUT2D eigenvalue weighted by molar-refractivity contribution is 5.25. The first-order valence-corrected chi connectivity index (χ1v) is 5.16. The monoisotopic (exact) mass is 212 g/mol. The second kappa shape index (κ2) is 4.86. The average molecular weight is 212 g/mol. The predicted octanol–water partition coefficient (Wildman–Crippen LogP) is 2.11. The van der Waals surface area contributed by atoms with Crippen LogP contribution in [0.25, 0.3) is 0 Å². The molecule has 84 valence electrons. The molecule has 0 fully saturated rings. The number of aryl methyl sites for hydroxylation is 1. The molecule has 0 saturated carbocycles. The molecule has 6 heteroatoms. The molecule has 0 amide bonds. The van der Waals surface area contributed by atoms with Gasteiger partial charge in [-0.25, -0.2) is 0 Å². The Labute approximate surface area is 88.4 Å². The van der Waals surface area contributed by atoms with E-state index in [2.05, 4.69) is 10.3 Å². The Morgan fingerprint density at radius 1 is 1.53 bits per heavy atom. The van der Waals surface area contributed by atoms with E-state index in [1.54, 1.807) is 0 Å². The number of nitrogens with zero attached hydrogens (tertiary/aromatic N) is 4. The third kappa shape index (κ3) is 2.51. The summed E-state index contributed by atoms with van der Waals surface area (Å²) in [7, 11) is 0. The van der Waals surface area contributed by atoms with Gasteiger partial charge < -0.3 is 10.1 Å². The fourth-order valence-corrected chi connectivity index (χ4v) is 1.36. The van der Waals surface area contributed by atoms with E-state index in [0.717, 1.165) is 12.8 Å². The molecule has 0 unspecified atom stereocenters. The minimum Gasteiger partial charge on any atom is -0.358 e. The van der Waals surface area contributed by atoms with Crippen LogP contribution in [0, 0.1) is 10.1 Å². The second-order valence-electron chi connectivity index (χ2n) is 3.76. The zero-order valence-electron chi connectivity index (χ0n) is 9.30. The van der Waals surface area contributed by atoms with E-state index in [4.69, 9.17) is 0 Å². The van der Waals surface area contributed by atoms with Gasteiger partial charge in [-0.2, -0.15) is 0 Å². The summed E-state index contributed by atoms with van der Waals surface area (Å²) in [6, 6.07) is -0.0340. The Morgan fingerprint density at radius 3 is 2.67 bits per heavy atom. The van der Waals surface area contributed by atoms with Crippen LogP contribution in [-0.2, 0) is 6.42 Å². The molecule has 1 aromatic heterocycles. The molecular formula is C9H16N4O2. The van der Waals surface area contributed by atoms with Crippen molar-refractivity contribution < 1.29 is 4.92 Å². The van der Waals surface area contributed by atoms with Crippen LogP contribution in [-0.4, -0.2) is 19.9 Å². The Morgan fingerprint density at radius 2 is 2.20 bits per heavy atom. The van der Waals surface area contributed by atoms with Crippen LogP contribution in [0.15, 0.2) is 0 Å². The molecule has 0 aliphatic heterocycles. The first-order valence-electron chi connectivity index (χ1n) is 5.16. The highest BCUT2D eigenvalue weighted by Gasteiger charge is 2.24. The van der Waals surface area contributed by atoms with E-state index in [1.165, 1.54) is 4.68 Å². The van der Waals surface area contributed by atoms with Crippen molar-refractivity contribution in [1.82, 2.24) is 15.0 Å². The summed E-state index contributed by atoms with van der Waals surface area (Å²) in [5, 5.41) is 18.6. The average Bonchev–Trinajstić information content (AvgIpc) is 2.58. The standard InChI is InChI=1S/C9H16N4O2/c1-4-5-6-8-9(13(14)15)12(7(2)3)11-10-8/h7H,4-6H2,1-3H3. The van der Waals surface area contributed by atoms with Crippen LogP contribution in [0.2, 0.25) is 0 Å². The van der Waals surface area contributed by atoms with Crippen LogP contribution in [0.4, 0.5) is 5.82 Å². The molecule has 0 aromatic carbocycles. The van der Waals surface area contributed by atoms with Crippen LogP contribution in [0.1, 0.15) is 45.3 Å². The number of hydrogen-bond acceptors (Lipinski definition) is 4. The van der Waals surface area contributed by atoms with Crippen molar-refractivity contribution in [2.75, 3.05) is 0 Å². The molecule has 0 bridgehead atoms. The molecule has 0 saturated heterocycles. The van der Waals surface area contributed by atoms with Crippen LogP contribution in [0.5, 0.6) is 0 Å². The highest BCUT2D eigenvalue weighted by atomic mass is 16.6. The zero-order valence-corrected chi connectivity index (χ0v) is 9.30. The smallest absolute Gasteiger partial charge is 0.358 e. The summed E-state index contributed by atoms with van der Waals surface area (Å²) in [5.74, 6) is 0.0402. The SMILES string of the molecule is CCCCc1nnn(C(C)C)c1[N+](=O)[O-]. The molecule has 1 aromatic rings. The molecule has 0 spiro atoms. The van der Waals surface area contributed by atoms with Crippen molar-refractivity contribution >= 4 is 5.82 Å². The first-order chi connectivity index (χ1) is 7.07. The predicted molar refractivity (Wildman–Crippen MR) is 55.7 cm³/mol. The van der Waals surface area contributed by atoms with E-state index in [1.807, 2.05) is 20.8 Å². The number of unbranched alkanes of at least 4 members (excludes halogenated alkanes) is 1. The van der Waals surface area contributed by atoms with Gasteiger partial charge >= 0.3 is 5.82 Å². The third-order valence-corrected chi connectivity index (χ3v) is 2.17. The lowest BCUT2D eigenvalue weighted by molar-refractivity contribution is -0.393. The van der Waals surface area contributed by atoms with Gasteiger partial charge in [-0.1, -0.05) is 13.3 Å². The Hall–Kier alpha value is -1.46. The number of hydrogen-bond donors (Lipinski definition) is 0. The molecule has 0 atom stereocenters. The molecule has 0 aliphatic rings. The molecule has 1 heterocycles. The largest absolute Gasteiger partial charge is 0.368 e. The molecule has 15 heavy (non-hydrogen) atoms. The van der Waals surface area contributed by atoms with Crippen molar-refractivity contribution in [2.45, 2.75) is 46.1 Å². The van der Waals surface area contributed by atoms with E-state index >= 15 is 0 Å². The molecule has 0 aliphatic carbocycles. The van der Waals surface area contributed by atoms with Crippen LogP contribution < -0.4 is 0 Å². The van der Waals surface area contributed by atoms with Gasteiger partial charge in [0.25, 0.3) is 0 Å². The quantitative estimate of drug-likeness (QED) is 0.553. The van der Waals surface area contributed by atoms with E-state index in [0.29, 0.717) is 12.1 Å². The lowest BCUT2D eigenvalue weighted by atomic mass is 10.2. The maximum Gasteiger partial charge on any atom is 0.368 e. The van der Waals surface area contributed by atoms with Gasteiger partial charge in [0.2, 0.25) is 0 Å². The molecule has 0 N–H and O–H groups in total. The van der Waals surface area contributed by atoms with Gasteiger partial charge in [0.1, 0.15) is 6.04 Å². The number of aromatic nitrogens is 3. The van der Waals surface area contributed by atoms with Crippen molar-refractivity contribution in [3.8, 4) is 0 Å². The Kier molecular flexibility index (Phi) is 3.76. The lowest BCUT2D eigenvalue weighted by Gasteiger charge is -2.01. The van der Waals surface area contributed by atoms with Gasteiger partial charge in [-0.15, -0.1) is 9.78 Å². The zero-order chi connectivity index (χ0) is 11.4. The van der Waals surface area contributed by atoms with Gasteiger partial charge in [-0.3, -0.25) is 0 Å². The molecule has 1 rings (SSSR count). The van der Waals surface area contributed by atoms with Crippen molar-refractivity contribution in [3.05, 3.63) is 15.8 Å². The fourth-order valence-electron chi connectivity index (χ4n) is 1.36. The van der Waals surface area contributed by atoms with Crippen molar-refractivity contribution in [1.29, 1.82) is 0 Å². The summed E-state index contributed by atoms with van der Waals surface area (Å²) < 4.78 is 1.37. The van der Waals surface area contributed by atoms with Gasteiger partial charge in [-0.05, 0) is 25.2 Å². The maximum absolute atomic E-state index is 10.9. The van der Waals surface area contributed by atoms with Gasteiger partial charge in [0.05, 0.1) is 0 Å². The first kappa shape index (κ1) is 11.6. The number of rotatable bonds is 5. The minimum absolute atomic E-state index is 0.0340. The van der Waals surface area contributed by atoms with Gasteiger partial charge in [0, 0.05) is 11.6 Å². The minimum atomic E-state index is -0.398. The molecule has 6 nitrogen and oxygen atoms in total. The topological polar surface area (TPSA) is 73.8 Å². The van der Waals surface area contributed by atoms with E-state index in [9.17, 15) is 10.1 Å². The highest BCUT2D eigenvalue weighted by Crippen LogP contribution is 2.21.